The van der Waals surface area contributed by atoms with Crippen LogP contribution in [0.25, 0.3) is 0 Å². The monoisotopic (exact) mass is 303 g/mol. The highest BCUT2D eigenvalue weighted by molar-refractivity contribution is 6.62. The van der Waals surface area contributed by atoms with Crippen molar-refractivity contribution in [2.45, 2.75) is 51.4 Å². The maximum absolute atomic E-state index is 6.09. The van der Waals surface area contributed by atoms with Gasteiger partial charge in [0, 0.05) is 6.42 Å². The van der Waals surface area contributed by atoms with E-state index < -0.39 is 0 Å². The van der Waals surface area contributed by atoms with Crippen LogP contribution >= 0.6 is 0 Å². The molecule has 4 nitrogen and oxygen atoms in total. The Bertz CT molecular complexity index is 530. The van der Waals surface area contributed by atoms with Crippen LogP contribution in [0.4, 0.5) is 0 Å². The van der Waals surface area contributed by atoms with Crippen molar-refractivity contribution in [3.05, 3.63) is 23.8 Å². The molecule has 0 spiro atoms. The normalized spacial score (nSPS) is 25.8. The lowest BCUT2D eigenvalue weighted by molar-refractivity contribution is 0.00578. The van der Waals surface area contributed by atoms with Crippen LogP contribution in [0, 0.1) is 0 Å². The predicted octanol–water partition coefficient (Wildman–Crippen LogP) is 1.39. The smallest absolute Gasteiger partial charge is 0.487 e. The fourth-order valence-electron chi connectivity index (χ4n) is 2.65. The molecule has 21 heavy (non-hydrogen) atoms. The van der Waals surface area contributed by atoms with E-state index >= 15 is 0 Å². The summed E-state index contributed by atoms with van der Waals surface area (Å²) in [6, 6.07) is 6.12. The first kappa shape index (κ1) is 15.1. The molecular formula is C15H20BO4Si. The number of hydrogen-bond donors (Lipinski definition) is 0. The van der Waals surface area contributed by atoms with E-state index in [0.717, 1.165) is 17.6 Å². The molecule has 0 N–H and O–H groups in total. The van der Waals surface area contributed by atoms with Crippen molar-refractivity contribution in [1.29, 1.82) is 0 Å². The number of fused-ring (bicyclic) bond motifs is 1. The van der Waals surface area contributed by atoms with Crippen molar-refractivity contribution in [3.63, 3.8) is 0 Å². The lowest BCUT2D eigenvalue weighted by Crippen LogP contribution is -2.41. The zero-order valence-electron chi connectivity index (χ0n) is 12.9. The summed E-state index contributed by atoms with van der Waals surface area (Å²) in [5.41, 5.74) is 1.57. The highest BCUT2D eigenvalue weighted by Gasteiger charge is 2.51. The standard InChI is InChI=1S/C15H20BO4Si/c1-14(2)15(3,4)20-16(19-14)11-5-6-13-10(7-11)8-12(18-13)9-17-21/h5-7,12H,8-9H2,1-4H3. The zero-order valence-corrected chi connectivity index (χ0v) is 13.9. The van der Waals surface area contributed by atoms with Gasteiger partial charge in [0.15, 0.2) is 0 Å². The molecule has 3 radical (unpaired) electrons. The molecule has 0 amide bonds. The van der Waals surface area contributed by atoms with Crippen LogP contribution in [0.3, 0.4) is 0 Å². The van der Waals surface area contributed by atoms with Crippen LogP contribution in [0.2, 0.25) is 0 Å². The quantitative estimate of drug-likeness (QED) is 0.791. The molecule has 0 aromatic heterocycles. The largest absolute Gasteiger partial charge is 0.494 e. The molecular weight excluding hydrogens is 283 g/mol. The molecule has 0 saturated carbocycles. The molecule has 111 valence electrons. The van der Waals surface area contributed by atoms with Crippen molar-refractivity contribution >= 4 is 23.1 Å². The summed E-state index contributed by atoms with van der Waals surface area (Å²) in [5.74, 6) is 0.920. The summed E-state index contributed by atoms with van der Waals surface area (Å²) in [7, 11) is 2.70. The van der Waals surface area contributed by atoms with Gasteiger partial charge in [0.25, 0.3) is 0 Å². The molecule has 2 aliphatic rings. The minimum absolute atomic E-state index is 0.0612. The topological polar surface area (TPSA) is 36.9 Å². The molecule has 1 saturated heterocycles. The average Bonchev–Trinajstić information content (AvgIpc) is 2.87. The van der Waals surface area contributed by atoms with Crippen LogP contribution in [-0.4, -0.2) is 41.5 Å². The Labute approximate surface area is 129 Å². The van der Waals surface area contributed by atoms with Crippen LogP contribution in [0.1, 0.15) is 33.3 Å². The lowest BCUT2D eigenvalue weighted by atomic mass is 9.78. The Balaban J connectivity index is 1.80. The van der Waals surface area contributed by atoms with Crippen molar-refractivity contribution in [1.82, 2.24) is 0 Å². The molecule has 1 fully saturated rings. The highest BCUT2D eigenvalue weighted by atomic mass is 28.2. The van der Waals surface area contributed by atoms with Gasteiger partial charge < -0.3 is 18.5 Å². The first-order chi connectivity index (χ1) is 9.82. The van der Waals surface area contributed by atoms with E-state index in [-0.39, 0.29) is 24.4 Å². The Hall–Kier alpha value is -0.818. The predicted molar refractivity (Wildman–Crippen MR) is 82.0 cm³/mol. The Kier molecular flexibility index (Phi) is 3.68. The van der Waals surface area contributed by atoms with Gasteiger partial charge in [-0.3, -0.25) is 0 Å². The number of ether oxygens (including phenoxy) is 1. The molecule has 2 aliphatic heterocycles. The SMILES string of the molecule is CC1(C)OB(c2ccc3c(c2)CC(CO[Si])O3)OC1(C)C. The fraction of sp³-hybridized carbons (Fsp3) is 0.600. The summed E-state index contributed by atoms with van der Waals surface area (Å²) in [6.07, 6.45) is 0.902. The second kappa shape index (κ2) is 5.12. The van der Waals surface area contributed by atoms with Gasteiger partial charge in [0.05, 0.1) is 17.8 Å². The Morgan fingerprint density at radius 2 is 1.90 bits per heavy atom. The van der Waals surface area contributed by atoms with Crippen LogP contribution in [-0.2, 0) is 20.2 Å². The molecule has 6 heteroatoms. The van der Waals surface area contributed by atoms with Gasteiger partial charge in [0.2, 0.25) is 10.5 Å². The van der Waals surface area contributed by atoms with Crippen molar-refractivity contribution in [2.75, 3.05) is 6.61 Å². The van der Waals surface area contributed by atoms with Gasteiger partial charge in [-0.2, -0.15) is 0 Å². The number of benzene rings is 1. The maximum Gasteiger partial charge on any atom is 0.494 e. The van der Waals surface area contributed by atoms with Gasteiger partial charge in [-0.15, -0.1) is 0 Å². The Morgan fingerprint density at radius 3 is 2.52 bits per heavy atom. The van der Waals surface area contributed by atoms with Gasteiger partial charge >= 0.3 is 7.12 Å². The van der Waals surface area contributed by atoms with Crippen LogP contribution in [0.15, 0.2) is 18.2 Å². The van der Waals surface area contributed by atoms with Gasteiger partial charge in [-0.25, -0.2) is 0 Å². The van der Waals surface area contributed by atoms with Crippen LogP contribution < -0.4 is 10.2 Å². The summed E-state index contributed by atoms with van der Waals surface area (Å²) in [6.45, 7) is 8.77. The molecule has 1 unspecified atom stereocenters. The summed E-state index contributed by atoms with van der Waals surface area (Å²) >= 11 is 0. The molecule has 0 bridgehead atoms. The van der Waals surface area contributed by atoms with Crippen LogP contribution in [0.5, 0.6) is 5.75 Å². The zero-order chi connectivity index (χ0) is 15.3. The summed E-state index contributed by atoms with van der Waals surface area (Å²) in [5, 5.41) is 0. The minimum atomic E-state index is -0.327. The Morgan fingerprint density at radius 1 is 1.24 bits per heavy atom. The molecule has 0 aliphatic carbocycles. The fourth-order valence-corrected chi connectivity index (χ4v) is 2.84. The molecule has 1 atom stereocenters. The van der Waals surface area contributed by atoms with E-state index in [1.54, 1.807) is 0 Å². The molecule has 1 aromatic carbocycles. The van der Waals surface area contributed by atoms with Gasteiger partial charge in [-0.1, -0.05) is 12.1 Å². The highest BCUT2D eigenvalue weighted by Crippen LogP contribution is 2.37. The summed E-state index contributed by atoms with van der Waals surface area (Å²) < 4.78 is 23.0. The van der Waals surface area contributed by atoms with E-state index in [1.165, 1.54) is 5.56 Å². The van der Waals surface area contributed by atoms with E-state index in [2.05, 4.69) is 44.2 Å². The lowest BCUT2D eigenvalue weighted by Gasteiger charge is -2.32. The third kappa shape index (κ3) is 2.66. The number of rotatable bonds is 3. The van der Waals surface area contributed by atoms with Crippen molar-refractivity contribution in [2.24, 2.45) is 0 Å². The van der Waals surface area contributed by atoms with E-state index in [1.807, 2.05) is 12.1 Å². The van der Waals surface area contributed by atoms with E-state index in [0.29, 0.717) is 6.61 Å². The second-order valence-electron chi connectivity index (χ2n) is 6.71. The first-order valence-electron chi connectivity index (χ1n) is 7.26. The molecule has 2 heterocycles. The van der Waals surface area contributed by atoms with E-state index in [9.17, 15) is 0 Å². The third-order valence-corrected chi connectivity index (χ3v) is 4.79. The average molecular weight is 303 g/mol. The molecule has 1 aromatic rings. The van der Waals surface area contributed by atoms with Crippen molar-refractivity contribution in [3.8, 4) is 5.75 Å². The summed E-state index contributed by atoms with van der Waals surface area (Å²) in [4.78, 5) is 0. The van der Waals surface area contributed by atoms with Gasteiger partial charge in [0.1, 0.15) is 11.9 Å². The number of hydrogen-bond acceptors (Lipinski definition) is 4. The van der Waals surface area contributed by atoms with E-state index in [4.69, 9.17) is 18.5 Å². The minimum Gasteiger partial charge on any atom is -0.487 e. The first-order valence-corrected chi connectivity index (χ1v) is 7.67. The third-order valence-electron chi connectivity index (χ3n) is 4.62. The molecule has 3 rings (SSSR count). The van der Waals surface area contributed by atoms with Crippen molar-refractivity contribution < 1.29 is 18.5 Å². The second-order valence-corrected chi connectivity index (χ2v) is 7.00. The maximum atomic E-state index is 6.09. The van der Waals surface area contributed by atoms with Gasteiger partial charge in [-0.05, 0) is 44.8 Å².